The van der Waals surface area contributed by atoms with Gasteiger partial charge in [-0.15, -0.1) is 0 Å². The molecule has 2 fully saturated rings. The van der Waals surface area contributed by atoms with Crippen LogP contribution in [0.5, 0.6) is 0 Å². The zero-order chi connectivity index (χ0) is 19.1. The highest BCUT2D eigenvalue weighted by Gasteiger charge is 2.44. The van der Waals surface area contributed by atoms with E-state index in [2.05, 4.69) is 15.5 Å². The molecule has 1 atom stereocenters. The van der Waals surface area contributed by atoms with E-state index in [0.717, 1.165) is 36.5 Å². The second kappa shape index (κ2) is 6.77. The van der Waals surface area contributed by atoms with Gasteiger partial charge in [0.2, 0.25) is 11.8 Å². The van der Waals surface area contributed by atoms with Crippen molar-refractivity contribution in [1.29, 1.82) is 0 Å². The number of imide groups is 2. The molecule has 142 valence electrons. The van der Waals surface area contributed by atoms with Crippen molar-refractivity contribution >= 4 is 29.3 Å². The van der Waals surface area contributed by atoms with Crippen molar-refractivity contribution in [3.8, 4) is 0 Å². The third kappa shape index (κ3) is 2.99. The van der Waals surface area contributed by atoms with Gasteiger partial charge in [-0.1, -0.05) is 0 Å². The molecule has 3 aliphatic rings. The van der Waals surface area contributed by atoms with Crippen LogP contribution in [0.15, 0.2) is 18.2 Å². The molecular formula is C19H22N4O4. The lowest BCUT2D eigenvalue weighted by molar-refractivity contribution is -0.136. The number of anilines is 1. The summed E-state index contributed by atoms with van der Waals surface area (Å²) in [4.78, 5) is 52.3. The van der Waals surface area contributed by atoms with Gasteiger partial charge in [-0.25, -0.2) is 0 Å². The molecule has 1 aromatic carbocycles. The van der Waals surface area contributed by atoms with Crippen LogP contribution in [-0.2, 0) is 9.59 Å². The maximum absolute atomic E-state index is 12.9. The number of carbonyl (C=O) groups excluding carboxylic acids is 4. The van der Waals surface area contributed by atoms with Gasteiger partial charge in [0, 0.05) is 31.2 Å². The molecule has 0 bridgehead atoms. The molecule has 3 aliphatic heterocycles. The van der Waals surface area contributed by atoms with Gasteiger partial charge in [-0.3, -0.25) is 29.4 Å². The summed E-state index contributed by atoms with van der Waals surface area (Å²) in [6.45, 7) is 1.76. The van der Waals surface area contributed by atoms with Gasteiger partial charge >= 0.3 is 0 Å². The van der Waals surface area contributed by atoms with Crippen LogP contribution >= 0.6 is 0 Å². The molecule has 8 nitrogen and oxygen atoms in total. The fraction of sp³-hybridized carbons (Fsp3) is 0.474. The predicted octanol–water partition coefficient (Wildman–Crippen LogP) is 0.276. The Morgan fingerprint density at radius 3 is 2.37 bits per heavy atom. The van der Waals surface area contributed by atoms with E-state index in [1.165, 1.54) is 0 Å². The van der Waals surface area contributed by atoms with Gasteiger partial charge in [-0.2, -0.15) is 0 Å². The van der Waals surface area contributed by atoms with Crippen molar-refractivity contribution in [3.05, 3.63) is 29.3 Å². The highest BCUT2D eigenvalue weighted by molar-refractivity contribution is 6.23. The van der Waals surface area contributed by atoms with Gasteiger partial charge < -0.3 is 10.2 Å². The topological polar surface area (TPSA) is 98.8 Å². The van der Waals surface area contributed by atoms with E-state index in [4.69, 9.17) is 0 Å². The minimum absolute atomic E-state index is 0.121. The van der Waals surface area contributed by atoms with E-state index in [1.807, 2.05) is 13.1 Å². The van der Waals surface area contributed by atoms with Gasteiger partial charge in [0.05, 0.1) is 11.1 Å². The van der Waals surface area contributed by atoms with Gasteiger partial charge in [0.1, 0.15) is 6.04 Å². The van der Waals surface area contributed by atoms with Crippen LogP contribution in [-0.4, -0.2) is 60.7 Å². The van der Waals surface area contributed by atoms with Crippen molar-refractivity contribution in [2.45, 2.75) is 37.8 Å². The highest BCUT2D eigenvalue weighted by Crippen LogP contribution is 2.31. The molecule has 2 saturated heterocycles. The first kappa shape index (κ1) is 17.7. The number of nitrogens with zero attached hydrogens (tertiary/aromatic N) is 2. The van der Waals surface area contributed by atoms with Crippen molar-refractivity contribution < 1.29 is 19.2 Å². The Morgan fingerprint density at radius 2 is 1.70 bits per heavy atom. The third-order valence-corrected chi connectivity index (χ3v) is 5.69. The quantitative estimate of drug-likeness (QED) is 0.742. The van der Waals surface area contributed by atoms with Crippen molar-refractivity contribution in [1.82, 2.24) is 15.5 Å². The first-order chi connectivity index (χ1) is 13.0. The van der Waals surface area contributed by atoms with Gasteiger partial charge in [0.15, 0.2) is 0 Å². The van der Waals surface area contributed by atoms with Crippen LogP contribution in [0.2, 0.25) is 0 Å². The van der Waals surface area contributed by atoms with Crippen LogP contribution in [0.4, 0.5) is 5.69 Å². The predicted molar refractivity (Wildman–Crippen MR) is 97.4 cm³/mol. The van der Waals surface area contributed by atoms with E-state index in [-0.39, 0.29) is 18.7 Å². The smallest absolute Gasteiger partial charge is 0.262 e. The van der Waals surface area contributed by atoms with E-state index in [9.17, 15) is 19.2 Å². The average molecular weight is 370 g/mol. The summed E-state index contributed by atoms with van der Waals surface area (Å²) in [7, 11) is 1.96. The maximum atomic E-state index is 12.9. The van der Waals surface area contributed by atoms with Crippen LogP contribution in [0.3, 0.4) is 0 Å². The second-order valence-corrected chi connectivity index (χ2v) is 7.23. The zero-order valence-electron chi connectivity index (χ0n) is 15.2. The molecule has 0 radical (unpaired) electrons. The molecule has 0 spiro atoms. The molecule has 0 saturated carbocycles. The number of rotatable bonds is 3. The number of hydrogen-bond donors (Lipinski definition) is 2. The molecule has 0 aromatic heterocycles. The monoisotopic (exact) mass is 370 g/mol. The SMILES string of the molecule is CNC1CCN(c2ccc3c(c2)C(=O)N(C2CCC(=O)NC2=O)C3=O)CC1. The lowest BCUT2D eigenvalue weighted by Gasteiger charge is -2.33. The maximum Gasteiger partial charge on any atom is 0.262 e. The first-order valence-corrected chi connectivity index (χ1v) is 9.27. The molecule has 1 unspecified atom stereocenters. The fourth-order valence-electron chi connectivity index (χ4n) is 4.08. The Balaban J connectivity index is 1.57. The number of carbonyl (C=O) groups is 4. The van der Waals surface area contributed by atoms with Crippen LogP contribution < -0.4 is 15.5 Å². The van der Waals surface area contributed by atoms with Crippen molar-refractivity contribution in [2.75, 3.05) is 25.0 Å². The number of amides is 4. The van der Waals surface area contributed by atoms with E-state index in [0.29, 0.717) is 17.2 Å². The lowest BCUT2D eigenvalue weighted by Crippen LogP contribution is -2.54. The zero-order valence-corrected chi connectivity index (χ0v) is 15.2. The summed E-state index contributed by atoms with van der Waals surface area (Å²) in [5, 5.41) is 5.49. The van der Waals surface area contributed by atoms with E-state index >= 15 is 0 Å². The molecule has 4 rings (SSSR count). The molecule has 4 amide bonds. The lowest BCUT2D eigenvalue weighted by atomic mass is 10.0. The Labute approximate surface area is 156 Å². The van der Waals surface area contributed by atoms with Gasteiger partial charge in [-0.05, 0) is 44.5 Å². The molecule has 8 heteroatoms. The summed E-state index contributed by atoms with van der Waals surface area (Å²) in [6.07, 6.45) is 2.32. The Bertz CT molecular complexity index is 829. The molecular weight excluding hydrogens is 348 g/mol. The molecule has 3 heterocycles. The van der Waals surface area contributed by atoms with Gasteiger partial charge in [0.25, 0.3) is 11.8 Å². The minimum Gasteiger partial charge on any atom is -0.371 e. The van der Waals surface area contributed by atoms with E-state index < -0.39 is 23.8 Å². The number of hydrogen-bond acceptors (Lipinski definition) is 6. The van der Waals surface area contributed by atoms with Crippen molar-refractivity contribution in [3.63, 3.8) is 0 Å². The van der Waals surface area contributed by atoms with E-state index in [1.54, 1.807) is 12.1 Å². The average Bonchev–Trinajstić information content (AvgIpc) is 2.92. The summed E-state index contributed by atoms with van der Waals surface area (Å²) in [6, 6.07) is 4.85. The molecule has 27 heavy (non-hydrogen) atoms. The summed E-state index contributed by atoms with van der Waals surface area (Å²) in [5.74, 6) is -1.89. The van der Waals surface area contributed by atoms with Crippen LogP contribution in [0.1, 0.15) is 46.4 Å². The fourth-order valence-corrected chi connectivity index (χ4v) is 4.08. The molecule has 2 N–H and O–H groups in total. The number of fused-ring (bicyclic) bond motifs is 1. The first-order valence-electron chi connectivity index (χ1n) is 9.27. The Kier molecular flexibility index (Phi) is 4.43. The Morgan fingerprint density at radius 1 is 1.00 bits per heavy atom. The molecule has 0 aliphatic carbocycles. The standard InChI is InChI=1S/C19H22N4O4/c1-20-11-6-8-22(9-7-11)12-2-3-13-14(10-12)19(27)23(18(13)26)15-4-5-16(24)21-17(15)25/h2-3,10-11,15,20H,4-9H2,1H3,(H,21,24,25). The van der Waals surface area contributed by atoms with Crippen molar-refractivity contribution in [2.24, 2.45) is 0 Å². The minimum atomic E-state index is -0.926. The van der Waals surface area contributed by atoms with Crippen LogP contribution in [0, 0.1) is 0 Å². The molecule has 1 aromatic rings. The number of benzene rings is 1. The Hall–Kier alpha value is -2.74. The third-order valence-electron chi connectivity index (χ3n) is 5.69. The second-order valence-electron chi connectivity index (χ2n) is 7.23. The normalized spacial score (nSPS) is 23.7. The van der Waals surface area contributed by atoms with Crippen LogP contribution in [0.25, 0.3) is 0 Å². The summed E-state index contributed by atoms with van der Waals surface area (Å²) >= 11 is 0. The summed E-state index contributed by atoms with van der Waals surface area (Å²) in [5.41, 5.74) is 1.56. The number of nitrogens with one attached hydrogen (secondary N) is 2. The highest BCUT2D eigenvalue weighted by atomic mass is 16.2. The number of piperidine rings is 2. The summed E-state index contributed by atoms with van der Waals surface area (Å²) < 4.78 is 0. The largest absolute Gasteiger partial charge is 0.371 e.